The van der Waals surface area contributed by atoms with Crippen molar-refractivity contribution in [3.63, 3.8) is 0 Å². The third kappa shape index (κ3) is 4.75. The van der Waals surface area contributed by atoms with Gasteiger partial charge in [-0.3, -0.25) is 4.79 Å². The normalized spacial score (nSPS) is 16.0. The number of nitrogens with zero attached hydrogens (tertiary/aromatic N) is 3. The van der Waals surface area contributed by atoms with Gasteiger partial charge in [0.2, 0.25) is 5.95 Å². The number of piperidine rings is 1. The number of nitrogens with one attached hydrogen (secondary N) is 1. The Kier molecular flexibility index (Phi) is 6.71. The van der Waals surface area contributed by atoms with E-state index in [1.165, 1.54) is 4.88 Å². The summed E-state index contributed by atoms with van der Waals surface area (Å²) in [6.07, 6.45) is 2.47. The average Bonchev–Trinajstić information content (AvgIpc) is 3.31. The van der Waals surface area contributed by atoms with Gasteiger partial charge in [0.05, 0.1) is 17.9 Å². The number of aryl methyl sites for hydroxylation is 1. The predicted molar refractivity (Wildman–Crippen MR) is 133 cm³/mol. The van der Waals surface area contributed by atoms with Gasteiger partial charge in [-0.1, -0.05) is 13.0 Å². The molecule has 1 N–H and O–H groups in total. The molecule has 0 atom stereocenters. The Morgan fingerprint density at radius 2 is 1.94 bits per heavy atom. The molecule has 8 nitrogen and oxygen atoms in total. The summed E-state index contributed by atoms with van der Waals surface area (Å²) in [5.41, 5.74) is 1.10. The van der Waals surface area contributed by atoms with E-state index in [0.717, 1.165) is 65.4 Å². The molecule has 0 amide bonds. The van der Waals surface area contributed by atoms with Crippen LogP contribution < -0.4 is 19.7 Å². The summed E-state index contributed by atoms with van der Waals surface area (Å²) in [5.74, 6) is 2.99. The predicted octanol–water partition coefficient (Wildman–Crippen LogP) is 4.42. The Morgan fingerprint density at radius 3 is 2.71 bits per heavy atom. The molecule has 0 aliphatic carbocycles. The largest absolute Gasteiger partial charge is 0.486 e. The molecule has 2 aliphatic rings. The molecular weight excluding hydrogens is 452 g/mol. The monoisotopic (exact) mass is 482 g/mol. The van der Waals surface area contributed by atoms with Crippen molar-refractivity contribution in [1.29, 1.82) is 0 Å². The molecule has 0 radical (unpaired) electrons. The molecule has 2 aromatic heterocycles. The van der Waals surface area contributed by atoms with Crippen LogP contribution in [0.25, 0.3) is 10.2 Å². The van der Waals surface area contributed by atoms with Crippen LogP contribution in [0.2, 0.25) is 0 Å². The summed E-state index contributed by atoms with van der Waals surface area (Å²) >= 11 is 1.71. The number of hydrogen-bond donors (Lipinski definition) is 1. The van der Waals surface area contributed by atoms with Gasteiger partial charge in [0.25, 0.3) is 0 Å². The molecule has 180 valence electrons. The fourth-order valence-corrected chi connectivity index (χ4v) is 5.33. The summed E-state index contributed by atoms with van der Waals surface area (Å²) in [6.45, 7) is 7.68. The van der Waals surface area contributed by atoms with Gasteiger partial charge >= 0.3 is 5.97 Å². The highest BCUT2D eigenvalue weighted by Crippen LogP contribution is 2.34. The van der Waals surface area contributed by atoms with Gasteiger partial charge < -0.3 is 24.4 Å². The topological polar surface area (TPSA) is 85.8 Å². The molecule has 4 heterocycles. The first kappa shape index (κ1) is 22.7. The van der Waals surface area contributed by atoms with Gasteiger partial charge in [-0.25, -0.2) is 4.98 Å². The van der Waals surface area contributed by atoms with E-state index in [4.69, 9.17) is 24.2 Å². The molecule has 0 spiro atoms. The molecule has 1 fully saturated rings. The SMILES string of the molecule is CCOC(=O)C1CCN(c2nc(NCc3ccc4c(c3)OCCO4)c3cc(CC)sc3n2)CC1. The van der Waals surface area contributed by atoms with Gasteiger partial charge in [0.15, 0.2) is 11.5 Å². The van der Waals surface area contributed by atoms with Gasteiger partial charge in [0.1, 0.15) is 23.9 Å². The van der Waals surface area contributed by atoms with E-state index in [1.807, 2.05) is 25.1 Å². The smallest absolute Gasteiger partial charge is 0.309 e. The van der Waals surface area contributed by atoms with Crippen LogP contribution >= 0.6 is 11.3 Å². The van der Waals surface area contributed by atoms with Gasteiger partial charge in [-0.05, 0) is 49.9 Å². The van der Waals surface area contributed by atoms with E-state index in [-0.39, 0.29) is 11.9 Å². The Hall–Kier alpha value is -3.07. The fourth-order valence-electron chi connectivity index (χ4n) is 4.37. The molecule has 3 aromatic rings. The minimum absolute atomic E-state index is 0.0406. The quantitative estimate of drug-likeness (QED) is 0.496. The standard InChI is InChI=1S/C25H30N4O4S/c1-3-18-14-19-22(26-15-16-5-6-20-21(13-16)33-12-11-32-20)27-25(28-23(19)34-18)29-9-7-17(8-10-29)24(30)31-4-2/h5-6,13-14,17H,3-4,7-12,15H2,1-2H3,(H,26,27,28). The van der Waals surface area contributed by atoms with Gasteiger partial charge in [-0.2, -0.15) is 4.98 Å². The Balaban J connectivity index is 1.36. The lowest BCUT2D eigenvalue weighted by Crippen LogP contribution is -2.38. The van der Waals surface area contributed by atoms with Crippen LogP contribution in [0.5, 0.6) is 11.5 Å². The number of fused-ring (bicyclic) bond motifs is 2. The molecule has 1 saturated heterocycles. The van der Waals surface area contributed by atoms with Crippen LogP contribution in [0.15, 0.2) is 24.3 Å². The van der Waals surface area contributed by atoms with Crippen molar-refractivity contribution >= 4 is 39.3 Å². The van der Waals surface area contributed by atoms with Crippen LogP contribution in [0, 0.1) is 5.92 Å². The van der Waals surface area contributed by atoms with Crippen molar-refractivity contribution in [2.75, 3.05) is 43.1 Å². The lowest BCUT2D eigenvalue weighted by Gasteiger charge is -2.31. The van der Waals surface area contributed by atoms with Crippen molar-refractivity contribution in [2.24, 2.45) is 5.92 Å². The number of aromatic nitrogens is 2. The lowest BCUT2D eigenvalue weighted by molar-refractivity contribution is -0.148. The lowest BCUT2D eigenvalue weighted by atomic mass is 9.97. The van der Waals surface area contributed by atoms with Crippen LogP contribution in [-0.4, -0.2) is 48.8 Å². The first-order valence-corrected chi connectivity index (χ1v) is 12.8. The summed E-state index contributed by atoms with van der Waals surface area (Å²) in [5, 5.41) is 4.58. The zero-order valence-corrected chi connectivity index (χ0v) is 20.5. The number of thiophene rings is 1. The maximum absolute atomic E-state index is 12.1. The average molecular weight is 483 g/mol. The van der Waals surface area contributed by atoms with Crippen molar-refractivity contribution < 1.29 is 19.0 Å². The first-order valence-electron chi connectivity index (χ1n) is 12.0. The second kappa shape index (κ2) is 10.0. The summed E-state index contributed by atoms with van der Waals surface area (Å²) in [6, 6.07) is 8.21. The van der Waals surface area contributed by atoms with Gasteiger partial charge in [0, 0.05) is 24.5 Å². The van der Waals surface area contributed by atoms with E-state index in [1.54, 1.807) is 11.3 Å². The van der Waals surface area contributed by atoms with Crippen molar-refractivity contribution in [3.05, 3.63) is 34.7 Å². The Bertz CT molecular complexity index is 1170. The Labute approximate surface area is 203 Å². The molecule has 2 aliphatic heterocycles. The highest BCUT2D eigenvalue weighted by Gasteiger charge is 2.28. The second-order valence-electron chi connectivity index (χ2n) is 8.50. The highest BCUT2D eigenvalue weighted by molar-refractivity contribution is 7.18. The molecule has 0 saturated carbocycles. The summed E-state index contributed by atoms with van der Waals surface area (Å²) in [4.78, 5) is 26.4. The fraction of sp³-hybridized carbons (Fsp3) is 0.480. The Morgan fingerprint density at radius 1 is 1.15 bits per heavy atom. The maximum atomic E-state index is 12.1. The number of esters is 1. The van der Waals surface area contributed by atoms with Crippen molar-refractivity contribution in [1.82, 2.24) is 9.97 Å². The van der Waals surface area contributed by atoms with E-state index in [2.05, 4.69) is 23.2 Å². The highest BCUT2D eigenvalue weighted by atomic mass is 32.1. The van der Waals surface area contributed by atoms with E-state index in [9.17, 15) is 4.79 Å². The van der Waals surface area contributed by atoms with Crippen molar-refractivity contribution in [2.45, 2.75) is 39.7 Å². The van der Waals surface area contributed by atoms with Gasteiger partial charge in [-0.15, -0.1) is 11.3 Å². The number of carbonyl (C=O) groups is 1. The molecule has 5 rings (SSSR count). The number of anilines is 2. The first-order chi connectivity index (χ1) is 16.6. The summed E-state index contributed by atoms with van der Waals surface area (Å²) in [7, 11) is 0. The minimum atomic E-state index is -0.0915. The van der Waals surface area contributed by atoms with E-state index < -0.39 is 0 Å². The molecule has 9 heteroatoms. The van der Waals surface area contributed by atoms with Crippen LogP contribution in [0.1, 0.15) is 37.1 Å². The van der Waals surface area contributed by atoms with Crippen LogP contribution in [-0.2, 0) is 22.5 Å². The molecule has 1 aromatic carbocycles. The second-order valence-corrected chi connectivity index (χ2v) is 9.62. The zero-order valence-electron chi connectivity index (χ0n) is 19.6. The van der Waals surface area contributed by atoms with E-state index in [0.29, 0.717) is 32.3 Å². The number of hydrogen-bond acceptors (Lipinski definition) is 9. The van der Waals surface area contributed by atoms with E-state index >= 15 is 0 Å². The van der Waals surface area contributed by atoms with Crippen LogP contribution in [0.3, 0.4) is 0 Å². The summed E-state index contributed by atoms with van der Waals surface area (Å²) < 4.78 is 16.6. The van der Waals surface area contributed by atoms with Crippen molar-refractivity contribution in [3.8, 4) is 11.5 Å². The molecule has 34 heavy (non-hydrogen) atoms. The number of rotatable bonds is 7. The third-order valence-electron chi connectivity index (χ3n) is 6.24. The zero-order chi connectivity index (χ0) is 23.5. The third-order valence-corrected chi connectivity index (χ3v) is 7.42. The molecule has 0 unspecified atom stereocenters. The number of ether oxygens (including phenoxy) is 3. The van der Waals surface area contributed by atoms with Crippen LogP contribution in [0.4, 0.5) is 11.8 Å². The maximum Gasteiger partial charge on any atom is 0.309 e. The number of carbonyl (C=O) groups excluding carboxylic acids is 1. The minimum Gasteiger partial charge on any atom is -0.486 e. The number of benzene rings is 1. The molecule has 0 bridgehead atoms. The molecular formula is C25H30N4O4S.